The Kier molecular flexibility index (Phi) is 5.17. The zero-order chi connectivity index (χ0) is 13.8. The van der Waals surface area contributed by atoms with E-state index in [-0.39, 0.29) is 17.6 Å². The van der Waals surface area contributed by atoms with Crippen LogP contribution in [0.2, 0.25) is 0 Å². The average Bonchev–Trinajstić information content (AvgIpc) is 2.31. The van der Waals surface area contributed by atoms with Gasteiger partial charge < -0.3 is 4.74 Å². The van der Waals surface area contributed by atoms with Crippen molar-refractivity contribution in [2.45, 2.75) is 53.2 Å². The van der Waals surface area contributed by atoms with Crippen molar-refractivity contribution in [2.24, 2.45) is 11.3 Å². The molecule has 0 spiro atoms. The lowest BCUT2D eigenvalue weighted by molar-refractivity contribution is 0.233. The van der Waals surface area contributed by atoms with Crippen molar-refractivity contribution in [3.05, 3.63) is 29.8 Å². The standard InChI is InChI=1S/C15H26N2O/c1-6-15(4,5)14(17-16)12-7-9-13(10-8-12)18-11(2)3/h7-11,14,17H,6,16H2,1-5H3. The molecule has 0 saturated heterocycles. The fraction of sp³-hybridized carbons (Fsp3) is 0.600. The van der Waals surface area contributed by atoms with Crippen LogP contribution in [-0.2, 0) is 0 Å². The molecule has 0 bridgehead atoms. The summed E-state index contributed by atoms with van der Waals surface area (Å²) in [6.45, 7) is 10.7. The van der Waals surface area contributed by atoms with E-state index >= 15 is 0 Å². The molecule has 1 unspecified atom stereocenters. The molecular weight excluding hydrogens is 224 g/mol. The fourth-order valence-electron chi connectivity index (χ4n) is 1.99. The molecular formula is C15H26N2O. The Labute approximate surface area is 111 Å². The third-order valence-electron chi connectivity index (χ3n) is 3.44. The number of hydrazine groups is 1. The monoisotopic (exact) mass is 250 g/mol. The highest BCUT2D eigenvalue weighted by Gasteiger charge is 2.28. The molecule has 0 radical (unpaired) electrons. The van der Waals surface area contributed by atoms with E-state index in [0.29, 0.717) is 0 Å². The second kappa shape index (κ2) is 6.21. The van der Waals surface area contributed by atoms with Gasteiger partial charge in [-0.1, -0.05) is 32.9 Å². The molecule has 0 fully saturated rings. The van der Waals surface area contributed by atoms with E-state index in [1.54, 1.807) is 0 Å². The van der Waals surface area contributed by atoms with Gasteiger partial charge in [-0.2, -0.15) is 0 Å². The van der Waals surface area contributed by atoms with E-state index in [0.717, 1.165) is 12.2 Å². The van der Waals surface area contributed by atoms with E-state index in [9.17, 15) is 0 Å². The van der Waals surface area contributed by atoms with E-state index < -0.39 is 0 Å². The predicted octanol–water partition coefficient (Wildman–Crippen LogP) is 3.41. The second-order valence-electron chi connectivity index (χ2n) is 5.68. The Balaban J connectivity index is 2.89. The Morgan fingerprint density at radius 3 is 2.17 bits per heavy atom. The molecule has 1 aromatic carbocycles. The summed E-state index contributed by atoms with van der Waals surface area (Å²) < 4.78 is 5.64. The van der Waals surface area contributed by atoms with Crippen molar-refractivity contribution in [3.63, 3.8) is 0 Å². The zero-order valence-corrected chi connectivity index (χ0v) is 12.2. The van der Waals surface area contributed by atoms with Gasteiger partial charge in [-0.15, -0.1) is 0 Å². The van der Waals surface area contributed by atoms with Crippen LogP contribution in [-0.4, -0.2) is 6.10 Å². The van der Waals surface area contributed by atoms with Crippen LogP contribution in [0.3, 0.4) is 0 Å². The maximum atomic E-state index is 5.70. The first-order chi connectivity index (χ1) is 8.40. The van der Waals surface area contributed by atoms with Gasteiger partial charge in [0, 0.05) is 0 Å². The van der Waals surface area contributed by atoms with Crippen molar-refractivity contribution in [1.29, 1.82) is 0 Å². The van der Waals surface area contributed by atoms with E-state index in [4.69, 9.17) is 10.6 Å². The van der Waals surface area contributed by atoms with Crippen LogP contribution >= 0.6 is 0 Å². The number of rotatable bonds is 6. The minimum atomic E-state index is 0.120. The van der Waals surface area contributed by atoms with E-state index in [1.807, 2.05) is 26.0 Å². The minimum Gasteiger partial charge on any atom is -0.491 e. The maximum absolute atomic E-state index is 5.70. The summed E-state index contributed by atoms with van der Waals surface area (Å²) in [5.74, 6) is 6.61. The average molecular weight is 250 g/mol. The predicted molar refractivity (Wildman–Crippen MR) is 76.3 cm³/mol. The molecule has 0 aliphatic carbocycles. The molecule has 1 aromatic rings. The van der Waals surface area contributed by atoms with Gasteiger partial charge in [0.1, 0.15) is 5.75 Å². The highest BCUT2D eigenvalue weighted by molar-refractivity contribution is 5.30. The highest BCUT2D eigenvalue weighted by Crippen LogP contribution is 2.36. The van der Waals surface area contributed by atoms with Crippen LogP contribution in [0.4, 0.5) is 0 Å². The number of hydrogen-bond donors (Lipinski definition) is 2. The summed E-state index contributed by atoms with van der Waals surface area (Å²) in [5, 5.41) is 0. The number of nitrogens with two attached hydrogens (primary N) is 1. The molecule has 0 heterocycles. The molecule has 18 heavy (non-hydrogen) atoms. The third-order valence-corrected chi connectivity index (χ3v) is 3.44. The van der Waals surface area contributed by atoms with Crippen molar-refractivity contribution in [1.82, 2.24) is 5.43 Å². The van der Waals surface area contributed by atoms with Crippen LogP contribution in [0.5, 0.6) is 5.75 Å². The van der Waals surface area contributed by atoms with Gasteiger partial charge in [0.05, 0.1) is 12.1 Å². The number of benzene rings is 1. The molecule has 0 aliphatic heterocycles. The number of hydrogen-bond acceptors (Lipinski definition) is 3. The van der Waals surface area contributed by atoms with Crippen LogP contribution in [0, 0.1) is 5.41 Å². The van der Waals surface area contributed by atoms with Crippen LogP contribution in [0.15, 0.2) is 24.3 Å². The lowest BCUT2D eigenvalue weighted by atomic mass is 9.79. The first-order valence-corrected chi connectivity index (χ1v) is 6.63. The molecule has 0 aromatic heterocycles. The molecule has 0 aliphatic rings. The highest BCUT2D eigenvalue weighted by atomic mass is 16.5. The molecule has 3 nitrogen and oxygen atoms in total. The zero-order valence-electron chi connectivity index (χ0n) is 12.2. The largest absolute Gasteiger partial charge is 0.491 e. The van der Waals surface area contributed by atoms with Gasteiger partial charge in [-0.25, -0.2) is 0 Å². The van der Waals surface area contributed by atoms with Gasteiger partial charge in [0.2, 0.25) is 0 Å². The van der Waals surface area contributed by atoms with Gasteiger partial charge >= 0.3 is 0 Å². The molecule has 102 valence electrons. The summed E-state index contributed by atoms with van der Waals surface area (Å²) in [6, 6.07) is 8.33. The molecule has 1 rings (SSSR count). The van der Waals surface area contributed by atoms with Crippen LogP contribution in [0.25, 0.3) is 0 Å². The first kappa shape index (κ1) is 15.0. The Morgan fingerprint density at radius 1 is 1.22 bits per heavy atom. The lowest BCUT2D eigenvalue weighted by Gasteiger charge is -2.33. The first-order valence-electron chi connectivity index (χ1n) is 6.63. The van der Waals surface area contributed by atoms with Crippen LogP contribution in [0.1, 0.15) is 52.6 Å². The van der Waals surface area contributed by atoms with Gasteiger partial charge in [-0.3, -0.25) is 11.3 Å². The summed E-state index contributed by atoms with van der Waals surface area (Å²) >= 11 is 0. The van der Waals surface area contributed by atoms with E-state index in [2.05, 4.69) is 38.3 Å². The topological polar surface area (TPSA) is 47.3 Å². The van der Waals surface area contributed by atoms with Crippen LogP contribution < -0.4 is 16.0 Å². The van der Waals surface area contributed by atoms with Crippen molar-refractivity contribution < 1.29 is 4.74 Å². The van der Waals surface area contributed by atoms with E-state index in [1.165, 1.54) is 5.56 Å². The van der Waals surface area contributed by atoms with Crippen molar-refractivity contribution in [2.75, 3.05) is 0 Å². The quantitative estimate of drug-likeness (QED) is 0.601. The van der Waals surface area contributed by atoms with Crippen molar-refractivity contribution >= 4 is 0 Å². The summed E-state index contributed by atoms with van der Waals surface area (Å²) in [4.78, 5) is 0. The second-order valence-corrected chi connectivity index (χ2v) is 5.68. The van der Waals surface area contributed by atoms with Crippen molar-refractivity contribution in [3.8, 4) is 5.75 Å². The maximum Gasteiger partial charge on any atom is 0.119 e. The lowest BCUT2D eigenvalue weighted by Crippen LogP contribution is -2.38. The smallest absolute Gasteiger partial charge is 0.119 e. The summed E-state index contributed by atoms with van der Waals surface area (Å²) in [6.07, 6.45) is 1.26. The summed E-state index contributed by atoms with van der Waals surface area (Å²) in [5.41, 5.74) is 4.24. The van der Waals surface area contributed by atoms with Gasteiger partial charge in [0.25, 0.3) is 0 Å². The molecule has 3 N–H and O–H groups in total. The Hall–Kier alpha value is -1.06. The Morgan fingerprint density at radius 2 is 1.78 bits per heavy atom. The molecule has 0 saturated carbocycles. The number of ether oxygens (including phenoxy) is 1. The number of nitrogens with one attached hydrogen (secondary N) is 1. The molecule has 0 amide bonds. The van der Waals surface area contributed by atoms with Gasteiger partial charge in [0.15, 0.2) is 0 Å². The normalized spacial score (nSPS) is 13.7. The third kappa shape index (κ3) is 3.72. The van der Waals surface area contributed by atoms with Gasteiger partial charge in [-0.05, 0) is 43.4 Å². The molecule has 3 heteroatoms. The molecule has 1 atom stereocenters. The summed E-state index contributed by atoms with van der Waals surface area (Å²) in [7, 11) is 0. The fourth-order valence-corrected chi connectivity index (χ4v) is 1.99. The minimum absolute atomic E-state index is 0.120. The Bertz CT molecular complexity index is 357. The SMILES string of the molecule is CCC(C)(C)C(NN)c1ccc(OC(C)C)cc1.